The Morgan fingerprint density at radius 1 is 1.09 bits per heavy atom. The second kappa shape index (κ2) is 6.77. The number of aromatic nitrogens is 2. The number of carbonyl (C=O) groups is 2. The summed E-state index contributed by atoms with van der Waals surface area (Å²) in [5.74, 6) is -0.825. The first-order valence-corrected chi connectivity index (χ1v) is 7.21. The van der Waals surface area contributed by atoms with Gasteiger partial charge in [0.1, 0.15) is 20.7 Å². The highest BCUT2D eigenvalue weighted by Gasteiger charge is 2.29. The minimum Gasteiger partial charge on any atom is -0.494 e. The number of esters is 2. The summed E-state index contributed by atoms with van der Waals surface area (Å²) in [6, 6.07) is 7.12. The molecule has 0 aliphatic carbocycles. The first kappa shape index (κ1) is 16.3. The first-order valence-electron chi connectivity index (χ1n) is 6.13. The second-order valence-electron chi connectivity index (χ2n) is 4.08. The fraction of sp³-hybridized carbons (Fsp3) is 0.214. The fourth-order valence-electron chi connectivity index (χ4n) is 1.88. The van der Waals surface area contributed by atoms with Gasteiger partial charge in [-0.25, -0.2) is 14.3 Å². The van der Waals surface area contributed by atoms with Crippen LogP contribution in [0.5, 0.6) is 5.75 Å². The van der Waals surface area contributed by atoms with Crippen molar-refractivity contribution in [2.75, 3.05) is 21.3 Å². The van der Waals surface area contributed by atoms with E-state index in [2.05, 4.69) is 9.84 Å². The zero-order chi connectivity index (χ0) is 16.3. The summed E-state index contributed by atoms with van der Waals surface area (Å²) in [5, 5.41) is 4.18. The van der Waals surface area contributed by atoms with Crippen LogP contribution in [-0.2, 0) is 9.47 Å². The third kappa shape index (κ3) is 2.78. The van der Waals surface area contributed by atoms with Gasteiger partial charge in [0.2, 0.25) is 0 Å². The van der Waals surface area contributed by atoms with Gasteiger partial charge >= 0.3 is 11.9 Å². The molecule has 1 aromatic heterocycles. The Balaban J connectivity index is 2.71. The average Bonchev–Trinajstić information content (AvgIpc) is 2.90. The predicted molar refractivity (Wildman–Crippen MR) is 85.5 cm³/mol. The van der Waals surface area contributed by atoms with Gasteiger partial charge < -0.3 is 14.2 Å². The topological polar surface area (TPSA) is 79.6 Å². The zero-order valence-electron chi connectivity index (χ0n) is 12.1. The predicted octanol–water partition coefficient (Wildman–Crippen LogP) is 2.06. The number of rotatable bonds is 4. The van der Waals surface area contributed by atoms with E-state index in [9.17, 15) is 9.59 Å². The maximum atomic E-state index is 12.0. The molecule has 116 valence electrons. The molecular formula is C14H13IN2O5. The maximum Gasteiger partial charge on any atom is 0.359 e. The van der Waals surface area contributed by atoms with Crippen LogP contribution < -0.4 is 4.74 Å². The van der Waals surface area contributed by atoms with Gasteiger partial charge in [-0.05, 0) is 34.7 Å². The largest absolute Gasteiger partial charge is 0.494 e. The van der Waals surface area contributed by atoms with Crippen LogP contribution in [0.1, 0.15) is 20.8 Å². The molecule has 0 saturated heterocycles. The highest BCUT2D eigenvalue weighted by atomic mass is 127. The van der Waals surface area contributed by atoms with Gasteiger partial charge in [-0.2, -0.15) is 5.10 Å². The maximum absolute atomic E-state index is 12.0. The second-order valence-corrected chi connectivity index (χ2v) is 5.10. The van der Waals surface area contributed by atoms with Gasteiger partial charge in [0, 0.05) is 0 Å². The number of halogens is 1. The first-order chi connectivity index (χ1) is 10.5. The number of hydrogen-bond acceptors (Lipinski definition) is 6. The quantitative estimate of drug-likeness (QED) is 0.561. The van der Waals surface area contributed by atoms with Gasteiger partial charge in [0.25, 0.3) is 0 Å². The summed E-state index contributed by atoms with van der Waals surface area (Å²) in [6.07, 6.45) is 0. The van der Waals surface area contributed by atoms with Crippen molar-refractivity contribution in [2.45, 2.75) is 0 Å². The van der Waals surface area contributed by atoms with E-state index in [0.717, 1.165) is 0 Å². The molecule has 0 atom stereocenters. The highest BCUT2D eigenvalue weighted by Crippen LogP contribution is 2.27. The number of nitrogens with zero attached hydrogens (tertiary/aromatic N) is 2. The van der Waals surface area contributed by atoms with Crippen molar-refractivity contribution in [3.63, 3.8) is 0 Å². The molecule has 0 N–H and O–H groups in total. The van der Waals surface area contributed by atoms with E-state index in [0.29, 0.717) is 15.1 Å². The molecule has 8 heteroatoms. The molecular weight excluding hydrogens is 403 g/mol. The Kier molecular flexibility index (Phi) is 5.01. The lowest BCUT2D eigenvalue weighted by Gasteiger charge is -2.08. The van der Waals surface area contributed by atoms with E-state index in [-0.39, 0.29) is 11.3 Å². The number of para-hydroxylation sites is 2. The summed E-state index contributed by atoms with van der Waals surface area (Å²) in [6.45, 7) is 0. The lowest BCUT2D eigenvalue weighted by Crippen LogP contribution is -2.11. The summed E-state index contributed by atoms with van der Waals surface area (Å²) < 4.78 is 16.5. The smallest absolute Gasteiger partial charge is 0.359 e. The molecule has 2 aromatic rings. The normalized spacial score (nSPS) is 10.2. The number of hydrogen-bond donors (Lipinski definition) is 0. The molecule has 22 heavy (non-hydrogen) atoms. The van der Waals surface area contributed by atoms with Crippen molar-refractivity contribution in [2.24, 2.45) is 0 Å². The standard InChI is InChI=1S/C14H13IN2O5/c1-20-9-7-5-4-6-8(9)17-12(15)10(13(18)21-2)11(16-17)14(19)22-3/h4-7H,1-3H3. The number of carbonyl (C=O) groups excluding carboxylic acids is 2. The molecule has 7 nitrogen and oxygen atoms in total. The average molecular weight is 416 g/mol. The van der Waals surface area contributed by atoms with Gasteiger partial charge in [0.05, 0.1) is 21.3 Å². The number of methoxy groups -OCH3 is 3. The lowest BCUT2D eigenvalue weighted by atomic mass is 10.2. The Morgan fingerprint density at radius 2 is 1.73 bits per heavy atom. The third-order valence-corrected chi connectivity index (χ3v) is 3.91. The van der Waals surface area contributed by atoms with Crippen LogP contribution in [0.25, 0.3) is 5.69 Å². The summed E-state index contributed by atoms with van der Waals surface area (Å²) in [7, 11) is 3.98. The molecule has 0 saturated carbocycles. The van der Waals surface area contributed by atoms with Crippen molar-refractivity contribution in [3.05, 3.63) is 39.2 Å². The molecule has 0 fully saturated rings. The van der Waals surface area contributed by atoms with Crippen LogP contribution in [0, 0.1) is 3.70 Å². The van der Waals surface area contributed by atoms with Gasteiger partial charge in [-0.3, -0.25) is 0 Å². The van der Waals surface area contributed by atoms with Crippen LogP contribution in [-0.4, -0.2) is 43.0 Å². The highest BCUT2D eigenvalue weighted by molar-refractivity contribution is 14.1. The fourth-order valence-corrected chi connectivity index (χ4v) is 2.73. The van der Waals surface area contributed by atoms with E-state index in [1.165, 1.54) is 26.0 Å². The van der Waals surface area contributed by atoms with Crippen molar-refractivity contribution in [1.29, 1.82) is 0 Å². The monoisotopic (exact) mass is 416 g/mol. The minimum absolute atomic E-state index is 0.0563. The van der Waals surface area contributed by atoms with Crippen LogP contribution in [0.4, 0.5) is 0 Å². The summed E-state index contributed by atoms with van der Waals surface area (Å²) in [5.41, 5.74) is 0.542. The van der Waals surface area contributed by atoms with Crippen molar-refractivity contribution >= 4 is 34.5 Å². The number of benzene rings is 1. The molecule has 0 aliphatic rings. The Bertz CT molecular complexity index is 726. The molecule has 2 rings (SSSR count). The molecule has 0 radical (unpaired) electrons. The van der Waals surface area contributed by atoms with Gasteiger partial charge in [0.15, 0.2) is 5.69 Å². The molecule has 1 aromatic carbocycles. The Labute approximate surface area is 140 Å². The van der Waals surface area contributed by atoms with Gasteiger partial charge in [-0.15, -0.1) is 0 Å². The summed E-state index contributed by atoms with van der Waals surface area (Å²) in [4.78, 5) is 23.8. The lowest BCUT2D eigenvalue weighted by molar-refractivity contribution is 0.0551. The third-order valence-electron chi connectivity index (χ3n) is 2.91. The van der Waals surface area contributed by atoms with E-state index >= 15 is 0 Å². The number of ether oxygens (including phenoxy) is 3. The SMILES string of the molecule is COC(=O)c1nn(-c2ccccc2OC)c(I)c1C(=O)OC. The van der Waals surface area contributed by atoms with E-state index in [1.54, 1.807) is 24.3 Å². The van der Waals surface area contributed by atoms with E-state index in [4.69, 9.17) is 9.47 Å². The van der Waals surface area contributed by atoms with Crippen LogP contribution in [0.15, 0.2) is 24.3 Å². The molecule has 0 bridgehead atoms. The molecule has 1 heterocycles. The summed E-state index contributed by atoms with van der Waals surface area (Å²) >= 11 is 1.92. The van der Waals surface area contributed by atoms with Crippen LogP contribution in [0.2, 0.25) is 0 Å². The van der Waals surface area contributed by atoms with Crippen molar-refractivity contribution < 1.29 is 23.8 Å². The molecule has 0 amide bonds. The molecule has 0 unspecified atom stereocenters. The minimum atomic E-state index is -0.716. The Hall–Kier alpha value is -2.10. The molecule has 0 spiro atoms. The zero-order valence-corrected chi connectivity index (χ0v) is 14.3. The van der Waals surface area contributed by atoms with Crippen molar-refractivity contribution in [1.82, 2.24) is 9.78 Å². The van der Waals surface area contributed by atoms with Crippen molar-refractivity contribution in [3.8, 4) is 11.4 Å². The van der Waals surface area contributed by atoms with E-state index in [1.807, 2.05) is 22.6 Å². The van der Waals surface area contributed by atoms with Crippen LogP contribution >= 0.6 is 22.6 Å². The van der Waals surface area contributed by atoms with E-state index < -0.39 is 11.9 Å². The molecule has 0 aliphatic heterocycles. The van der Waals surface area contributed by atoms with Crippen LogP contribution in [0.3, 0.4) is 0 Å². The van der Waals surface area contributed by atoms with Gasteiger partial charge in [-0.1, -0.05) is 12.1 Å². The Morgan fingerprint density at radius 3 is 2.32 bits per heavy atom.